The van der Waals surface area contributed by atoms with Crippen molar-refractivity contribution < 1.29 is 19.7 Å². The van der Waals surface area contributed by atoms with Crippen LogP contribution in [0.25, 0.3) is 0 Å². The van der Waals surface area contributed by atoms with Crippen LogP contribution in [0.1, 0.15) is 38.7 Å². The lowest BCUT2D eigenvalue weighted by Gasteiger charge is -2.46. The van der Waals surface area contributed by atoms with E-state index in [0.29, 0.717) is 12.8 Å². The van der Waals surface area contributed by atoms with E-state index in [-0.39, 0.29) is 29.5 Å². The molecule has 0 amide bonds. The van der Waals surface area contributed by atoms with Crippen LogP contribution in [0.3, 0.4) is 0 Å². The highest BCUT2D eigenvalue weighted by Gasteiger charge is 2.48. The molecule has 0 spiro atoms. The number of hydrogen-bond acceptors (Lipinski definition) is 4. The smallest absolute Gasteiger partial charge is 0.308 e. The standard InChI is InChI=1S/C17H24O4/c1-4-15-11(2)14(16(19)21-3)9-10-17(15,20)12-5-7-13(18)8-6-12/h5-8,11,14-15,18,20H,4,9-10H2,1-3H3. The molecule has 0 radical (unpaired) electrons. The van der Waals surface area contributed by atoms with E-state index in [9.17, 15) is 15.0 Å². The lowest BCUT2D eigenvalue weighted by Crippen LogP contribution is -2.47. The Morgan fingerprint density at radius 3 is 2.52 bits per heavy atom. The summed E-state index contributed by atoms with van der Waals surface area (Å²) >= 11 is 0. The summed E-state index contributed by atoms with van der Waals surface area (Å²) in [6.45, 7) is 4.05. The van der Waals surface area contributed by atoms with E-state index in [4.69, 9.17) is 4.74 Å². The molecule has 0 saturated heterocycles. The topological polar surface area (TPSA) is 66.8 Å². The van der Waals surface area contributed by atoms with E-state index in [1.807, 2.05) is 13.8 Å². The van der Waals surface area contributed by atoms with Crippen molar-refractivity contribution in [2.24, 2.45) is 17.8 Å². The summed E-state index contributed by atoms with van der Waals surface area (Å²) in [6.07, 6.45) is 1.92. The Morgan fingerprint density at radius 2 is 2.00 bits per heavy atom. The number of phenolic OH excluding ortho intramolecular Hbond substituents is 1. The molecule has 2 N–H and O–H groups in total. The zero-order chi connectivity index (χ0) is 15.6. The van der Waals surface area contributed by atoms with Gasteiger partial charge in [0.2, 0.25) is 0 Å². The number of hydrogen-bond donors (Lipinski definition) is 2. The fourth-order valence-corrected chi connectivity index (χ4v) is 3.84. The molecule has 1 saturated carbocycles. The maximum absolute atomic E-state index is 11.9. The van der Waals surface area contributed by atoms with Crippen molar-refractivity contribution in [2.75, 3.05) is 7.11 Å². The molecule has 4 nitrogen and oxygen atoms in total. The maximum Gasteiger partial charge on any atom is 0.308 e. The number of methoxy groups -OCH3 is 1. The van der Waals surface area contributed by atoms with Crippen LogP contribution in [-0.4, -0.2) is 23.3 Å². The van der Waals surface area contributed by atoms with Crippen molar-refractivity contribution in [2.45, 2.75) is 38.7 Å². The predicted molar refractivity (Wildman–Crippen MR) is 79.7 cm³/mol. The van der Waals surface area contributed by atoms with E-state index in [1.165, 1.54) is 7.11 Å². The Bertz CT molecular complexity index is 496. The van der Waals surface area contributed by atoms with E-state index in [2.05, 4.69) is 0 Å². The van der Waals surface area contributed by atoms with Gasteiger partial charge in [-0.05, 0) is 48.8 Å². The van der Waals surface area contributed by atoms with Gasteiger partial charge in [0.25, 0.3) is 0 Å². The molecule has 4 unspecified atom stereocenters. The fraction of sp³-hybridized carbons (Fsp3) is 0.588. The van der Waals surface area contributed by atoms with Gasteiger partial charge in [0.1, 0.15) is 5.75 Å². The molecule has 1 aromatic carbocycles. The molecule has 1 fully saturated rings. The molecule has 0 aliphatic heterocycles. The van der Waals surface area contributed by atoms with E-state index in [0.717, 1.165) is 12.0 Å². The molecule has 21 heavy (non-hydrogen) atoms. The number of carbonyl (C=O) groups excluding carboxylic acids is 1. The summed E-state index contributed by atoms with van der Waals surface area (Å²) in [5, 5.41) is 20.6. The monoisotopic (exact) mass is 292 g/mol. The molecule has 0 heterocycles. The molecule has 1 aromatic rings. The number of benzene rings is 1. The largest absolute Gasteiger partial charge is 0.508 e. The number of rotatable bonds is 3. The molecular formula is C17H24O4. The lowest BCUT2D eigenvalue weighted by molar-refractivity contribution is -0.158. The molecule has 0 aromatic heterocycles. The van der Waals surface area contributed by atoms with Gasteiger partial charge < -0.3 is 14.9 Å². The highest BCUT2D eigenvalue weighted by atomic mass is 16.5. The van der Waals surface area contributed by atoms with Crippen LogP contribution < -0.4 is 0 Å². The van der Waals surface area contributed by atoms with Gasteiger partial charge in [-0.15, -0.1) is 0 Å². The summed E-state index contributed by atoms with van der Waals surface area (Å²) in [4.78, 5) is 11.9. The van der Waals surface area contributed by atoms with Gasteiger partial charge >= 0.3 is 5.97 Å². The third-order valence-corrected chi connectivity index (χ3v) is 5.03. The SMILES string of the molecule is CCC1C(C)C(C(=O)OC)CCC1(O)c1ccc(O)cc1. The number of phenols is 1. The molecule has 0 bridgehead atoms. The van der Waals surface area contributed by atoms with Gasteiger partial charge in [-0.1, -0.05) is 26.0 Å². The van der Waals surface area contributed by atoms with Crippen LogP contribution in [0.15, 0.2) is 24.3 Å². The van der Waals surface area contributed by atoms with Crippen molar-refractivity contribution in [3.05, 3.63) is 29.8 Å². The average Bonchev–Trinajstić information content (AvgIpc) is 2.47. The quantitative estimate of drug-likeness (QED) is 0.841. The molecule has 4 heteroatoms. The van der Waals surface area contributed by atoms with Crippen molar-refractivity contribution in [3.8, 4) is 5.75 Å². The van der Waals surface area contributed by atoms with Crippen LogP contribution in [0.4, 0.5) is 0 Å². The molecule has 4 atom stereocenters. The first-order valence-corrected chi connectivity index (χ1v) is 7.53. The minimum atomic E-state index is -0.952. The van der Waals surface area contributed by atoms with E-state index in [1.54, 1.807) is 24.3 Å². The van der Waals surface area contributed by atoms with Crippen LogP contribution in [0.2, 0.25) is 0 Å². The number of carbonyl (C=O) groups is 1. The number of aromatic hydroxyl groups is 1. The second-order valence-electron chi connectivity index (χ2n) is 6.01. The predicted octanol–water partition coefficient (Wildman–Crippen LogP) is 2.83. The van der Waals surface area contributed by atoms with Crippen molar-refractivity contribution in [1.82, 2.24) is 0 Å². The molecule has 2 rings (SSSR count). The molecule has 1 aliphatic rings. The first kappa shape index (κ1) is 15.8. The van der Waals surface area contributed by atoms with E-state index < -0.39 is 5.60 Å². The Labute approximate surface area is 125 Å². The summed E-state index contributed by atoms with van der Waals surface area (Å²) in [7, 11) is 1.41. The normalized spacial score (nSPS) is 32.7. The molecular weight excluding hydrogens is 268 g/mol. The van der Waals surface area contributed by atoms with Crippen LogP contribution in [-0.2, 0) is 15.1 Å². The Balaban J connectivity index is 2.32. The Kier molecular flexibility index (Phi) is 4.57. The first-order chi connectivity index (χ1) is 9.93. The number of aliphatic hydroxyl groups is 1. The van der Waals surface area contributed by atoms with Crippen LogP contribution in [0, 0.1) is 17.8 Å². The average molecular weight is 292 g/mol. The summed E-state index contributed by atoms with van der Waals surface area (Å²) < 4.78 is 4.89. The van der Waals surface area contributed by atoms with Crippen LogP contribution in [0.5, 0.6) is 5.75 Å². The number of esters is 1. The Morgan fingerprint density at radius 1 is 1.38 bits per heavy atom. The third-order valence-electron chi connectivity index (χ3n) is 5.03. The minimum absolute atomic E-state index is 0.0140. The van der Waals surface area contributed by atoms with E-state index >= 15 is 0 Å². The second-order valence-corrected chi connectivity index (χ2v) is 6.01. The van der Waals surface area contributed by atoms with Crippen LogP contribution >= 0.6 is 0 Å². The lowest BCUT2D eigenvalue weighted by atomic mass is 9.61. The summed E-state index contributed by atoms with van der Waals surface area (Å²) in [5.74, 6) is -0.118. The van der Waals surface area contributed by atoms with Gasteiger partial charge in [0, 0.05) is 0 Å². The fourth-order valence-electron chi connectivity index (χ4n) is 3.84. The maximum atomic E-state index is 11.9. The van der Waals surface area contributed by atoms with Gasteiger partial charge in [-0.2, -0.15) is 0 Å². The van der Waals surface area contributed by atoms with Crippen molar-refractivity contribution >= 4 is 5.97 Å². The highest BCUT2D eigenvalue weighted by Crippen LogP contribution is 2.49. The van der Waals surface area contributed by atoms with Crippen molar-refractivity contribution in [1.29, 1.82) is 0 Å². The van der Waals surface area contributed by atoms with Gasteiger partial charge in [-0.3, -0.25) is 4.79 Å². The zero-order valence-electron chi connectivity index (χ0n) is 12.9. The van der Waals surface area contributed by atoms with Crippen molar-refractivity contribution in [3.63, 3.8) is 0 Å². The first-order valence-electron chi connectivity index (χ1n) is 7.53. The highest BCUT2D eigenvalue weighted by molar-refractivity contribution is 5.72. The number of ether oxygens (including phenoxy) is 1. The zero-order valence-corrected chi connectivity index (χ0v) is 12.9. The summed E-state index contributed by atoms with van der Waals surface area (Å²) in [6, 6.07) is 6.72. The summed E-state index contributed by atoms with van der Waals surface area (Å²) in [5.41, 5.74) is -0.144. The molecule has 116 valence electrons. The minimum Gasteiger partial charge on any atom is -0.508 e. The van der Waals surface area contributed by atoms with Gasteiger partial charge in [0.15, 0.2) is 0 Å². The molecule has 1 aliphatic carbocycles. The Hall–Kier alpha value is -1.55. The third kappa shape index (κ3) is 2.77. The van der Waals surface area contributed by atoms with Gasteiger partial charge in [0.05, 0.1) is 18.6 Å². The second kappa shape index (κ2) is 6.06. The van der Waals surface area contributed by atoms with Gasteiger partial charge in [-0.25, -0.2) is 0 Å².